The first-order chi connectivity index (χ1) is 9.31. The van der Waals surface area contributed by atoms with Crippen LogP contribution in [0.2, 0.25) is 0 Å². The van der Waals surface area contributed by atoms with Gasteiger partial charge in [-0.05, 0) is 56.5 Å². The molecule has 2 aromatic rings. The molecule has 0 aliphatic heterocycles. The molecule has 0 aliphatic rings. The molecule has 0 radical (unpaired) electrons. The maximum Gasteiger partial charge on any atom is 0.0299 e. The lowest BCUT2D eigenvalue weighted by atomic mass is 10.0. The average molecular weight is 274 g/mol. The van der Waals surface area contributed by atoms with Gasteiger partial charge in [-0.3, -0.25) is 4.98 Å². The van der Waals surface area contributed by atoms with Crippen LogP contribution < -0.4 is 5.32 Å². The summed E-state index contributed by atoms with van der Waals surface area (Å²) >= 11 is 1.95. The summed E-state index contributed by atoms with van der Waals surface area (Å²) in [6, 6.07) is 9.24. The first kappa shape index (κ1) is 14.2. The Hall–Kier alpha value is -1.19. The molecule has 1 atom stereocenters. The molecule has 19 heavy (non-hydrogen) atoms. The van der Waals surface area contributed by atoms with Crippen LogP contribution >= 0.6 is 11.3 Å². The van der Waals surface area contributed by atoms with Gasteiger partial charge in [0, 0.05) is 28.2 Å². The Balaban J connectivity index is 1.86. The molecule has 0 spiro atoms. The standard InChI is InChI=1S/C16H22N2S/c1-3-15-8-9-16(19-15)11-14(17-2)7-6-13-5-4-10-18-12-13/h4-5,8-10,12,14,17H,3,6-7,11H2,1-2H3. The number of aromatic nitrogens is 1. The predicted molar refractivity (Wildman–Crippen MR) is 82.8 cm³/mol. The van der Waals surface area contributed by atoms with Gasteiger partial charge in [-0.25, -0.2) is 0 Å². The number of aryl methyl sites for hydroxylation is 2. The summed E-state index contributed by atoms with van der Waals surface area (Å²) in [5.74, 6) is 0. The van der Waals surface area contributed by atoms with Crippen molar-refractivity contribution in [3.05, 3.63) is 52.0 Å². The van der Waals surface area contributed by atoms with Crippen LogP contribution in [0.25, 0.3) is 0 Å². The van der Waals surface area contributed by atoms with Gasteiger partial charge in [0.25, 0.3) is 0 Å². The summed E-state index contributed by atoms with van der Waals surface area (Å²) in [6.45, 7) is 2.22. The lowest BCUT2D eigenvalue weighted by molar-refractivity contribution is 0.523. The molecule has 0 aromatic carbocycles. The summed E-state index contributed by atoms with van der Waals surface area (Å²) in [6.07, 6.45) is 8.31. The van der Waals surface area contributed by atoms with Crippen LogP contribution in [0, 0.1) is 0 Å². The third kappa shape index (κ3) is 4.44. The van der Waals surface area contributed by atoms with Crippen molar-refractivity contribution >= 4 is 11.3 Å². The van der Waals surface area contributed by atoms with E-state index in [9.17, 15) is 0 Å². The largest absolute Gasteiger partial charge is 0.317 e. The fraction of sp³-hybridized carbons (Fsp3) is 0.438. The van der Waals surface area contributed by atoms with Gasteiger partial charge in [0.1, 0.15) is 0 Å². The summed E-state index contributed by atoms with van der Waals surface area (Å²) in [5.41, 5.74) is 1.32. The van der Waals surface area contributed by atoms with Gasteiger partial charge in [-0.1, -0.05) is 13.0 Å². The maximum atomic E-state index is 4.17. The quantitative estimate of drug-likeness (QED) is 0.836. The van der Waals surface area contributed by atoms with Crippen molar-refractivity contribution in [1.82, 2.24) is 10.3 Å². The molecular weight excluding hydrogens is 252 g/mol. The van der Waals surface area contributed by atoms with Crippen molar-refractivity contribution in [2.24, 2.45) is 0 Å². The zero-order valence-corrected chi connectivity index (χ0v) is 12.5. The molecule has 0 fully saturated rings. The monoisotopic (exact) mass is 274 g/mol. The summed E-state index contributed by atoms with van der Waals surface area (Å²) < 4.78 is 0. The van der Waals surface area contributed by atoms with Gasteiger partial charge in [0.2, 0.25) is 0 Å². The Kier molecular flexibility index (Phi) is 5.55. The second kappa shape index (κ2) is 7.41. The number of hydrogen-bond acceptors (Lipinski definition) is 3. The number of thiophene rings is 1. The van der Waals surface area contributed by atoms with E-state index in [0.29, 0.717) is 6.04 Å². The van der Waals surface area contributed by atoms with E-state index in [1.165, 1.54) is 15.3 Å². The van der Waals surface area contributed by atoms with E-state index in [-0.39, 0.29) is 0 Å². The number of nitrogens with zero attached hydrogens (tertiary/aromatic N) is 1. The third-order valence-corrected chi connectivity index (χ3v) is 4.68. The second-order valence-corrected chi connectivity index (χ2v) is 6.06. The van der Waals surface area contributed by atoms with Gasteiger partial charge >= 0.3 is 0 Å². The molecule has 0 bridgehead atoms. The van der Waals surface area contributed by atoms with Crippen LogP contribution in [-0.4, -0.2) is 18.1 Å². The smallest absolute Gasteiger partial charge is 0.0299 e. The van der Waals surface area contributed by atoms with Crippen molar-refractivity contribution in [1.29, 1.82) is 0 Å². The van der Waals surface area contributed by atoms with Gasteiger partial charge in [0.15, 0.2) is 0 Å². The molecule has 1 unspecified atom stereocenters. The van der Waals surface area contributed by atoms with E-state index in [1.54, 1.807) is 0 Å². The fourth-order valence-corrected chi connectivity index (χ4v) is 3.24. The molecule has 3 heteroatoms. The molecule has 1 N–H and O–H groups in total. The molecule has 2 heterocycles. The molecular formula is C16H22N2S. The number of rotatable bonds is 7. The second-order valence-electron chi connectivity index (χ2n) is 4.81. The Morgan fingerprint density at radius 1 is 1.26 bits per heavy atom. The van der Waals surface area contributed by atoms with Gasteiger partial charge in [-0.2, -0.15) is 0 Å². The lowest BCUT2D eigenvalue weighted by Gasteiger charge is -2.15. The normalized spacial score (nSPS) is 12.5. The maximum absolute atomic E-state index is 4.17. The third-order valence-electron chi connectivity index (χ3n) is 3.43. The van der Waals surface area contributed by atoms with Crippen LogP contribution in [0.4, 0.5) is 0 Å². The number of nitrogens with one attached hydrogen (secondary N) is 1. The van der Waals surface area contributed by atoms with Crippen molar-refractivity contribution in [2.45, 2.75) is 38.6 Å². The molecule has 0 amide bonds. The Morgan fingerprint density at radius 2 is 2.11 bits per heavy atom. The molecule has 2 aromatic heterocycles. The van der Waals surface area contributed by atoms with Crippen LogP contribution in [0.5, 0.6) is 0 Å². The van der Waals surface area contributed by atoms with E-state index in [0.717, 1.165) is 25.7 Å². The number of pyridine rings is 1. The van der Waals surface area contributed by atoms with E-state index < -0.39 is 0 Å². The first-order valence-corrected chi connectivity index (χ1v) is 7.77. The van der Waals surface area contributed by atoms with Gasteiger partial charge in [-0.15, -0.1) is 11.3 Å². The Labute approximate surface area is 119 Å². The van der Waals surface area contributed by atoms with Gasteiger partial charge in [0.05, 0.1) is 0 Å². The van der Waals surface area contributed by atoms with E-state index >= 15 is 0 Å². The van der Waals surface area contributed by atoms with Crippen LogP contribution in [0.3, 0.4) is 0 Å². The zero-order chi connectivity index (χ0) is 13.5. The minimum atomic E-state index is 0.545. The number of hydrogen-bond donors (Lipinski definition) is 1. The summed E-state index contributed by atoms with van der Waals surface area (Å²) in [4.78, 5) is 7.14. The molecule has 0 saturated heterocycles. The first-order valence-electron chi connectivity index (χ1n) is 6.95. The van der Waals surface area contributed by atoms with Crippen molar-refractivity contribution < 1.29 is 0 Å². The van der Waals surface area contributed by atoms with E-state index in [2.05, 4.69) is 42.5 Å². The molecule has 0 saturated carbocycles. The highest BCUT2D eigenvalue weighted by atomic mass is 32.1. The summed E-state index contributed by atoms with van der Waals surface area (Å²) in [7, 11) is 2.06. The summed E-state index contributed by atoms with van der Waals surface area (Å²) in [5, 5.41) is 3.43. The zero-order valence-electron chi connectivity index (χ0n) is 11.7. The molecule has 0 aliphatic carbocycles. The van der Waals surface area contributed by atoms with Crippen molar-refractivity contribution in [2.75, 3.05) is 7.05 Å². The SMILES string of the molecule is CCc1ccc(CC(CCc2cccnc2)NC)s1. The van der Waals surface area contributed by atoms with Gasteiger partial charge < -0.3 is 5.32 Å². The molecule has 2 rings (SSSR count). The van der Waals surface area contributed by atoms with E-state index in [4.69, 9.17) is 0 Å². The highest BCUT2D eigenvalue weighted by molar-refractivity contribution is 7.11. The van der Waals surface area contributed by atoms with Crippen LogP contribution in [0.15, 0.2) is 36.7 Å². The van der Waals surface area contributed by atoms with Crippen molar-refractivity contribution in [3.63, 3.8) is 0 Å². The predicted octanol–water partition coefficient (Wildman–Crippen LogP) is 3.47. The van der Waals surface area contributed by atoms with Crippen LogP contribution in [0.1, 0.15) is 28.7 Å². The Bertz CT molecular complexity index is 479. The topological polar surface area (TPSA) is 24.9 Å². The van der Waals surface area contributed by atoms with Crippen molar-refractivity contribution in [3.8, 4) is 0 Å². The minimum Gasteiger partial charge on any atom is -0.317 e. The highest BCUT2D eigenvalue weighted by Gasteiger charge is 2.09. The molecule has 2 nitrogen and oxygen atoms in total. The Morgan fingerprint density at radius 3 is 2.74 bits per heavy atom. The molecule has 102 valence electrons. The highest BCUT2D eigenvalue weighted by Crippen LogP contribution is 2.19. The fourth-order valence-electron chi connectivity index (χ4n) is 2.20. The average Bonchev–Trinajstić information content (AvgIpc) is 2.92. The van der Waals surface area contributed by atoms with E-state index in [1.807, 2.05) is 29.8 Å². The minimum absolute atomic E-state index is 0.545. The lowest BCUT2D eigenvalue weighted by Crippen LogP contribution is -2.27. The van der Waals surface area contributed by atoms with Crippen LogP contribution in [-0.2, 0) is 19.3 Å². The number of likely N-dealkylation sites (N-methyl/N-ethyl adjacent to an activating group) is 1.